The van der Waals surface area contributed by atoms with Gasteiger partial charge in [-0.2, -0.15) is 8.78 Å². The van der Waals surface area contributed by atoms with Crippen molar-refractivity contribution >= 4 is 0 Å². The molecular weight excluding hydrogens is 426 g/mol. The van der Waals surface area contributed by atoms with Crippen LogP contribution in [-0.4, -0.2) is 11.7 Å². The molecule has 170 valence electrons. The summed E-state index contributed by atoms with van der Waals surface area (Å²) in [6, 6.07) is 32.5. The molecule has 0 aliphatic rings. The van der Waals surface area contributed by atoms with Crippen LogP contribution in [0.15, 0.2) is 109 Å². The molecule has 0 saturated heterocycles. The number of aromatic hydroxyl groups is 1. The number of benzene rings is 4. The maximum absolute atomic E-state index is 11.9. The van der Waals surface area contributed by atoms with Crippen molar-refractivity contribution in [1.29, 1.82) is 0 Å². The van der Waals surface area contributed by atoms with Crippen LogP contribution in [-0.2, 0) is 13.2 Å². The zero-order chi connectivity index (χ0) is 23.3. The Labute approximate surface area is 191 Å². The Morgan fingerprint density at radius 2 is 0.939 bits per heavy atom. The minimum absolute atomic E-state index is 0.122. The van der Waals surface area contributed by atoms with E-state index < -0.39 is 6.61 Å². The molecule has 4 aromatic rings. The molecule has 0 spiro atoms. The van der Waals surface area contributed by atoms with Crippen molar-refractivity contribution in [3.63, 3.8) is 0 Å². The number of hydrogen-bond donors (Lipinski definition) is 1. The number of phenols is 1. The molecule has 0 amide bonds. The molecule has 0 aliphatic heterocycles. The molecule has 0 saturated carbocycles. The minimum atomic E-state index is -2.80. The molecule has 4 nitrogen and oxygen atoms in total. The van der Waals surface area contributed by atoms with Gasteiger partial charge in [0.05, 0.1) is 0 Å². The van der Waals surface area contributed by atoms with Crippen LogP contribution >= 0.6 is 0 Å². The van der Waals surface area contributed by atoms with Crippen LogP contribution in [0.5, 0.6) is 23.0 Å². The zero-order valence-electron chi connectivity index (χ0n) is 17.8. The van der Waals surface area contributed by atoms with Gasteiger partial charge in [-0.25, -0.2) is 0 Å². The van der Waals surface area contributed by atoms with E-state index in [0.29, 0.717) is 19.0 Å². The second kappa shape index (κ2) is 12.7. The molecule has 0 heterocycles. The predicted octanol–water partition coefficient (Wildman–Crippen LogP) is 6.84. The van der Waals surface area contributed by atoms with Gasteiger partial charge in [-0.05, 0) is 59.7 Å². The molecule has 0 unspecified atom stereocenters. The molecule has 0 fully saturated rings. The SMILES string of the molecule is FC(F)Oc1ccc(OCc2ccccc2)cc1.Oc1ccc(OCc2ccccc2)cc1. The van der Waals surface area contributed by atoms with E-state index in [1.165, 1.54) is 12.1 Å². The lowest BCUT2D eigenvalue weighted by molar-refractivity contribution is -0.0498. The lowest BCUT2D eigenvalue weighted by atomic mass is 10.2. The van der Waals surface area contributed by atoms with Crippen molar-refractivity contribution in [2.24, 2.45) is 0 Å². The average molecular weight is 450 g/mol. The molecule has 1 N–H and O–H groups in total. The van der Waals surface area contributed by atoms with Gasteiger partial charge in [-0.1, -0.05) is 60.7 Å². The lowest BCUT2D eigenvalue weighted by Crippen LogP contribution is -2.01. The van der Waals surface area contributed by atoms with Crippen LogP contribution in [0.2, 0.25) is 0 Å². The standard InChI is InChI=1S/C14H12F2O2.C13H12O2/c15-14(16)18-13-8-6-12(7-9-13)17-10-11-4-2-1-3-5-11;14-12-6-8-13(9-7-12)15-10-11-4-2-1-3-5-11/h1-9,14H,10H2;1-9,14H,10H2. The monoisotopic (exact) mass is 450 g/mol. The first-order chi connectivity index (χ1) is 16.1. The summed E-state index contributed by atoms with van der Waals surface area (Å²) in [5.41, 5.74) is 2.18. The highest BCUT2D eigenvalue weighted by atomic mass is 19.3. The number of hydrogen-bond acceptors (Lipinski definition) is 4. The van der Waals surface area contributed by atoms with Crippen molar-refractivity contribution in [1.82, 2.24) is 0 Å². The molecule has 4 rings (SSSR count). The third-order valence-electron chi connectivity index (χ3n) is 4.38. The van der Waals surface area contributed by atoms with E-state index >= 15 is 0 Å². The van der Waals surface area contributed by atoms with Gasteiger partial charge >= 0.3 is 6.61 Å². The van der Waals surface area contributed by atoms with Gasteiger partial charge in [-0.15, -0.1) is 0 Å². The van der Waals surface area contributed by atoms with Gasteiger partial charge in [-0.3, -0.25) is 0 Å². The maximum Gasteiger partial charge on any atom is 0.387 e. The van der Waals surface area contributed by atoms with E-state index in [-0.39, 0.29) is 11.5 Å². The largest absolute Gasteiger partial charge is 0.508 e. The number of halogens is 2. The molecule has 0 aromatic heterocycles. The van der Waals surface area contributed by atoms with Crippen LogP contribution in [0.25, 0.3) is 0 Å². The Morgan fingerprint density at radius 1 is 0.545 bits per heavy atom. The van der Waals surface area contributed by atoms with Crippen molar-refractivity contribution in [2.75, 3.05) is 0 Å². The van der Waals surface area contributed by atoms with Crippen molar-refractivity contribution < 1.29 is 28.1 Å². The van der Waals surface area contributed by atoms with Gasteiger partial charge < -0.3 is 19.3 Å². The van der Waals surface area contributed by atoms with E-state index in [2.05, 4.69) is 4.74 Å². The summed E-state index contributed by atoms with van der Waals surface area (Å²) >= 11 is 0. The van der Waals surface area contributed by atoms with Crippen LogP contribution in [0.3, 0.4) is 0 Å². The van der Waals surface area contributed by atoms with Gasteiger partial charge in [0.15, 0.2) is 0 Å². The van der Waals surface area contributed by atoms with Gasteiger partial charge in [0, 0.05) is 0 Å². The Morgan fingerprint density at radius 3 is 1.36 bits per heavy atom. The fourth-order valence-electron chi connectivity index (χ4n) is 2.74. The first kappa shape index (κ1) is 23.6. The Hall–Kier alpha value is -4.06. The third kappa shape index (κ3) is 8.91. The highest BCUT2D eigenvalue weighted by Gasteiger charge is 2.04. The van der Waals surface area contributed by atoms with Crippen molar-refractivity contribution in [3.05, 3.63) is 120 Å². The fraction of sp³-hybridized carbons (Fsp3) is 0.111. The van der Waals surface area contributed by atoms with Crippen LogP contribution in [0, 0.1) is 0 Å². The summed E-state index contributed by atoms with van der Waals surface area (Å²) in [5, 5.41) is 9.09. The van der Waals surface area contributed by atoms with E-state index in [1.807, 2.05) is 60.7 Å². The van der Waals surface area contributed by atoms with Crippen molar-refractivity contribution in [2.45, 2.75) is 19.8 Å². The molecule has 4 aromatic carbocycles. The van der Waals surface area contributed by atoms with E-state index in [4.69, 9.17) is 14.6 Å². The summed E-state index contributed by atoms with van der Waals surface area (Å²) in [6.45, 7) is -1.82. The topological polar surface area (TPSA) is 47.9 Å². The quantitative estimate of drug-likeness (QED) is 0.319. The summed E-state index contributed by atoms with van der Waals surface area (Å²) in [6.07, 6.45) is 0. The summed E-state index contributed by atoms with van der Waals surface area (Å²) in [5.74, 6) is 1.75. The normalized spacial score (nSPS) is 10.2. The molecule has 0 aliphatic carbocycles. The predicted molar refractivity (Wildman–Crippen MR) is 123 cm³/mol. The van der Waals surface area contributed by atoms with Gasteiger partial charge in [0.25, 0.3) is 0 Å². The second-order valence-electron chi connectivity index (χ2n) is 6.89. The van der Waals surface area contributed by atoms with Gasteiger partial charge in [0.2, 0.25) is 0 Å². The van der Waals surface area contributed by atoms with Crippen molar-refractivity contribution in [3.8, 4) is 23.0 Å². The lowest BCUT2D eigenvalue weighted by Gasteiger charge is -2.08. The molecule has 0 bridgehead atoms. The molecule has 0 atom stereocenters. The molecular formula is C27H24F2O4. The number of phenolic OH excluding ortho intramolecular Hbond substituents is 1. The smallest absolute Gasteiger partial charge is 0.387 e. The Bertz CT molecular complexity index is 1050. The second-order valence-corrected chi connectivity index (χ2v) is 6.89. The summed E-state index contributed by atoms with van der Waals surface area (Å²) < 4.78 is 39.2. The Kier molecular flexibility index (Phi) is 9.09. The maximum atomic E-state index is 11.9. The van der Waals surface area contributed by atoms with Crippen LogP contribution < -0.4 is 14.2 Å². The van der Waals surface area contributed by atoms with Gasteiger partial charge in [0.1, 0.15) is 36.2 Å². The Balaban J connectivity index is 0.000000189. The minimum Gasteiger partial charge on any atom is -0.508 e. The highest BCUT2D eigenvalue weighted by Crippen LogP contribution is 2.20. The summed E-state index contributed by atoms with van der Waals surface area (Å²) in [7, 11) is 0. The average Bonchev–Trinajstić information content (AvgIpc) is 2.85. The van der Waals surface area contributed by atoms with E-state index in [9.17, 15) is 8.78 Å². The first-order valence-electron chi connectivity index (χ1n) is 10.3. The van der Waals surface area contributed by atoms with E-state index in [1.54, 1.807) is 36.4 Å². The molecule has 33 heavy (non-hydrogen) atoms. The van der Waals surface area contributed by atoms with Crippen LogP contribution in [0.4, 0.5) is 8.78 Å². The molecule has 6 heteroatoms. The zero-order valence-corrected chi connectivity index (χ0v) is 17.8. The molecule has 0 radical (unpaired) electrons. The van der Waals surface area contributed by atoms with E-state index in [0.717, 1.165) is 16.9 Å². The number of rotatable bonds is 8. The first-order valence-corrected chi connectivity index (χ1v) is 10.3. The highest BCUT2D eigenvalue weighted by molar-refractivity contribution is 5.32. The number of ether oxygens (including phenoxy) is 3. The number of alkyl halides is 2. The fourth-order valence-corrected chi connectivity index (χ4v) is 2.74. The third-order valence-corrected chi connectivity index (χ3v) is 4.38. The van der Waals surface area contributed by atoms with Crippen LogP contribution in [0.1, 0.15) is 11.1 Å². The summed E-state index contributed by atoms with van der Waals surface area (Å²) in [4.78, 5) is 0.